The van der Waals surface area contributed by atoms with Crippen LogP contribution < -0.4 is 0 Å². The Balaban J connectivity index is 1.87. The van der Waals surface area contributed by atoms with Crippen molar-refractivity contribution in [1.29, 1.82) is 0 Å². The van der Waals surface area contributed by atoms with Crippen LogP contribution in [-0.4, -0.2) is 16.1 Å². The summed E-state index contributed by atoms with van der Waals surface area (Å²) in [6.45, 7) is 0. The Morgan fingerprint density at radius 2 is 2.12 bits per heavy atom. The molecule has 0 amide bonds. The molecule has 1 aromatic rings. The molecule has 0 unspecified atom stereocenters. The van der Waals surface area contributed by atoms with E-state index in [-0.39, 0.29) is 5.69 Å². The number of aryl methyl sites for hydroxylation is 1. The molecule has 1 N–H and O–H groups in total. The highest BCUT2D eigenvalue weighted by Crippen LogP contribution is 2.28. The minimum absolute atomic E-state index is 0.129. The van der Waals surface area contributed by atoms with Crippen LogP contribution in [0.1, 0.15) is 48.2 Å². The molecule has 1 heterocycles. The molecule has 0 aromatic carbocycles. The molecule has 86 valence electrons. The second-order valence-corrected chi connectivity index (χ2v) is 4.55. The fraction of sp³-hybridized carbons (Fsp3) is 0.538. The second-order valence-electron chi connectivity index (χ2n) is 4.55. The average Bonchev–Trinajstić information content (AvgIpc) is 2.80. The van der Waals surface area contributed by atoms with Crippen LogP contribution in [0.4, 0.5) is 0 Å². The monoisotopic (exact) mass is 219 g/mol. The van der Waals surface area contributed by atoms with Crippen LogP contribution in [0.25, 0.3) is 0 Å². The van der Waals surface area contributed by atoms with Crippen molar-refractivity contribution in [2.24, 2.45) is 5.92 Å². The molecule has 0 atom stereocenters. The summed E-state index contributed by atoms with van der Waals surface area (Å²) in [5, 5.41) is 8.72. The van der Waals surface area contributed by atoms with Crippen LogP contribution >= 0.6 is 0 Å². The number of aromatic nitrogens is 1. The zero-order chi connectivity index (χ0) is 11.4. The van der Waals surface area contributed by atoms with Crippen molar-refractivity contribution in [1.82, 2.24) is 4.98 Å². The van der Waals surface area contributed by atoms with Crippen molar-refractivity contribution in [2.45, 2.75) is 38.5 Å². The molecular formula is C13H17NO2. The van der Waals surface area contributed by atoms with Gasteiger partial charge in [-0.25, -0.2) is 9.78 Å². The van der Waals surface area contributed by atoms with Gasteiger partial charge in [-0.3, -0.25) is 0 Å². The Kier molecular flexibility index (Phi) is 3.54. The first-order valence-electron chi connectivity index (χ1n) is 5.94. The normalized spacial score (nSPS) is 16.5. The van der Waals surface area contributed by atoms with Crippen molar-refractivity contribution in [3.8, 4) is 0 Å². The fourth-order valence-electron chi connectivity index (χ4n) is 2.37. The number of pyridine rings is 1. The molecule has 3 nitrogen and oxygen atoms in total. The third kappa shape index (κ3) is 2.81. The molecule has 3 heteroatoms. The van der Waals surface area contributed by atoms with E-state index in [1.807, 2.05) is 6.07 Å². The quantitative estimate of drug-likeness (QED) is 0.847. The van der Waals surface area contributed by atoms with Gasteiger partial charge in [-0.2, -0.15) is 0 Å². The van der Waals surface area contributed by atoms with Crippen LogP contribution in [0.15, 0.2) is 18.3 Å². The maximum atomic E-state index is 10.6. The highest BCUT2D eigenvalue weighted by atomic mass is 16.4. The lowest BCUT2D eigenvalue weighted by Crippen LogP contribution is -2.01. The Morgan fingerprint density at radius 1 is 1.38 bits per heavy atom. The number of hydrogen-bond donors (Lipinski definition) is 1. The molecule has 1 saturated carbocycles. The molecule has 1 aliphatic rings. The predicted octanol–water partition coefficient (Wildman–Crippen LogP) is 2.90. The Bertz CT molecular complexity index is 353. The van der Waals surface area contributed by atoms with Gasteiger partial charge in [-0.1, -0.05) is 31.7 Å². The first kappa shape index (κ1) is 11.1. The van der Waals surface area contributed by atoms with E-state index in [1.165, 1.54) is 32.1 Å². The SMILES string of the molecule is O=C(O)c1ccc(CCC2CCCC2)cn1. The predicted molar refractivity (Wildman–Crippen MR) is 61.5 cm³/mol. The van der Waals surface area contributed by atoms with Crippen LogP contribution in [0.2, 0.25) is 0 Å². The lowest BCUT2D eigenvalue weighted by molar-refractivity contribution is 0.0690. The molecule has 1 fully saturated rings. The van der Waals surface area contributed by atoms with Gasteiger partial charge in [0.1, 0.15) is 5.69 Å². The molecule has 1 aromatic heterocycles. The number of carboxylic acids is 1. The van der Waals surface area contributed by atoms with E-state index in [4.69, 9.17) is 5.11 Å². The number of nitrogens with zero attached hydrogens (tertiary/aromatic N) is 1. The molecular weight excluding hydrogens is 202 g/mol. The van der Waals surface area contributed by atoms with Crippen LogP contribution in [0.5, 0.6) is 0 Å². The Labute approximate surface area is 95.5 Å². The van der Waals surface area contributed by atoms with Gasteiger partial charge in [0.05, 0.1) is 0 Å². The maximum absolute atomic E-state index is 10.6. The van der Waals surface area contributed by atoms with Gasteiger partial charge in [0, 0.05) is 6.20 Å². The molecule has 0 bridgehead atoms. The van der Waals surface area contributed by atoms with Gasteiger partial charge < -0.3 is 5.11 Å². The van der Waals surface area contributed by atoms with Crippen LogP contribution in [-0.2, 0) is 6.42 Å². The van der Waals surface area contributed by atoms with Gasteiger partial charge in [0.2, 0.25) is 0 Å². The van der Waals surface area contributed by atoms with Crippen LogP contribution in [0.3, 0.4) is 0 Å². The lowest BCUT2D eigenvalue weighted by atomic mass is 9.99. The van der Waals surface area contributed by atoms with Gasteiger partial charge in [0.15, 0.2) is 0 Å². The lowest BCUT2D eigenvalue weighted by Gasteiger charge is -2.08. The highest BCUT2D eigenvalue weighted by Gasteiger charge is 2.14. The zero-order valence-corrected chi connectivity index (χ0v) is 9.35. The summed E-state index contributed by atoms with van der Waals surface area (Å²) in [4.78, 5) is 14.5. The minimum atomic E-state index is -0.956. The fourth-order valence-corrected chi connectivity index (χ4v) is 2.37. The van der Waals surface area contributed by atoms with E-state index in [1.54, 1.807) is 12.3 Å². The summed E-state index contributed by atoms with van der Waals surface area (Å²) in [6.07, 6.45) is 9.41. The number of hydrogen-bond acceptors (Lipinski definition) is 2. The Morgan fingerprint density at radius 3 is 2.69 bits per heavy atom. The van der Waals surface area contributed by atoms with Crippen molar-refractivity contribution in [3.63, 3.8) is 0 Å². The molecule has 0 aliphatic heterocycles. The van der Waals surface area contributed by atoms with Gasteiger partial charge in [0.25, 0.3) is 0 Å². The molecule has 0 radical (unpaired) electrons. The number of rotatable bonds is 4. The third-order valence-corrected chi connectivity index (χ3v) is 3.36. The zero-order valence-electron chi connectivity index (χ0n) is 9.35. The van der Waals surface area contributed by atoms with E-state index in [0.29, 0.717) is 0 Å². The summed E-state index contributed by atoms with van der Waals surface area (Å²) in [5.74, 6) is -0.0820. The van der Waals surface area contributed by atoms with Gasteiger partial charge >= 0.3 is 5.97 Å². The number of carbonyl (C=O) groups is 1. The smallest absolute Gasteiger partial charge is 0.354 e. The summed E-state index contributed by atoms with van der Waals surface area (Å²) >= 11 is 0. The van der Waals surface area contributed by atoms with E-state index in [2.05, 4.69) is 4.98 Å². The van der Waals surface area contributed by atoms with Crippen LogP contribution in [0, 0.1) is 5.92 Å². The highest BCUT2D eigenvalue weighted by molar-refractivity contribution is 5.85. The van der Waals surface area contributed by atoms with E-state index < -0.39 is 5.97 Å². The topological polar surface area (TPSA) is 50.2 Å². The van der Waals surface area contributed by atoms with Crippen molar-refractivity contribution in [2.75, 3.05) is 0 Å². The minimum Gasteiger partial charge on any atom is -0.477 e. The van der Waals surface area contributed by atoms with Gasteiger partial charge in [-0.15, -0.1) is 0 Å². The molecule has 0 saturated heterocycles. The standard InChI is InChI=1S/C13H17NO2/c15-13(16)12-8-7-11(9-14-12)6-5-10-3-1-2-4-10/h7-10H,1-6H2,(H,15,16). The second kappa shape index (κ2) is 5.10. The van der Waals surface area contributed by atoms with E-state index >= 15 is 0 Å². The molecule has 2 rings (SSSR count). The Hall–Kier alpha value is -1.38. The average molecular weight is 219 g/mol. The summed E-state index contributed by atoms with van der Waals surface area (Å²) in [7, 11) is 0. The molecule has 16 heavy (non-hydrogen) atoms. The number of carboxylic acid groups (broad SMARTS) is 1. The van der Waals surface area contributed by atoms with Gasteiger partial charge in [-0.05, 0) is 30.4 Å². The van der Waals surface area contributed by atoms with Crippen molar-refractivity contribution >= 4 is 5.97 Å². The largest absolute Gasteiger partial charge is 0.477 e. The van der Waals surface area contributed by atoms with Crippen molar-refractivity contribution < 1.29 is 9.90 Å². The third-order valence-electron chi connectivity index (χ3n) is 3.36. The summed E-state index contributed by atoms with van der Waals surface area (Å²) < 4.78 is 0. The maximum Gasteiger partial charge on any atom is 0.354 e. The first-order valence-corrected chi connectivity index (χ1v) is 5.94. The van der Waals surface area contributed by atoms with Crippen molar-refractivity contribution in [3.05, 3.63) is 29.6 Å². The molecule has 0 spiro atoms. The summed E-state index contributed by atoms with van der Waals surface area (Å²) in [5.41, 5.74) is 1.28. The summed E-state index contributed by atoms with van der Waals surface area (Å²) in [6, 6.07) is 3.47. The first-order chi connectivity index (χ1) is 7.75. The number of aromatic carboxylic acids is 1. The van der Waals surface area contributed by atoms with E-state index in [9.17, 15) is 4.79 Å². The molecule has 1 aliphatic carbocycles. The van der Waals surface area contributed by atoms with E-state index in [0.717, 1.165) is 17.9 Å².